The molecule has 0 fully saturated rings. The molecule has 0 saturated heterocycles. The lowest BCUT2D eigenvalue weighted by atomic mass is 10.1. The third-order valence-corrected chi connectivity index (χ3v) is 4.75. The quantitative estimate of drug-likeness (QED) is 0.531. The highest BCUT2D eigenvalue weighted by Crippen LogP contribution is 2.31. The minimum absolute atomic E-state index is 0.449. The zero-order valence-corrected chi connectivity index (χ0v) is 13.5. The Hall–Kier alpha value is -2.11. The monoisotopic (exact) mass is 329 g/mol. The van der Waals surface area contributed by atoms with Crippen molar-refractivity contribution in [3.05, 3.63) is 46.5 Å². The molecule has 22 heavy (non-hydrogen) atoms. The van der Waals surface area contributed by atoms with Gasteiger partial charge in [0, 0.05) is 5.02 Å². The van der Waals surface area contributed by atoms with Gasteiger partial charge >= 0.3 is 6.01 Å². The van der Waals surface area contributed by atoms with E-state index in [9.17, 15) is 0 Å². The van der Waals surface area contributed by atoms with Crippen LogP contribution < -0.4 is 5.32 Å². The number of hydrogen-bond donors (Lipinski definition) is 1. The maximum atomic E-state index is 5.98. The number of oxazole rings is 1. The number of halogens is 1. The first kappa shape index (κ1) is 13.5. The zero-order chi connectivity index (χ0) is 15.3. The highest BCUT2D eigenvalue weighted by atomic mass is 35.5. The predicted octanol–water partition coefficient (Wildman–Crippen LogP) is 5.45. The number of aromatic nitrogens is 2. The van der Waals surface area contributed by atoms with Crippen molar-refractivity contribution < 1.29 is 4.42 Å². The molecule has 110 valence electrons. The average molecular weight is 330 g/mol. The summed E-state index contributed by atoms with van der Waals surface area (Å²) in [5.41, 5.74) is 4.86. The Morgan fingerprint density at radius 3 is 2.73 bits per heavy atom. The van der Waals surface area contributed by atoms with Gasteiger partial charge in [-0.2, -0.15) is 4.98 Å². The van der Waals surface area contributed by atoms with Crippen molar-refractivity contribution in [1.82, 2.24) is 9.97 Å². The summed E-state index contributed by atoms with van der Waals surface area (Å²) in [6.07, 6.45) is 0. The van der Waals surface area contributed by atoms with Crippen molar-refractivity contribution >= 4 is 55.4 Å². The summed E-state index contributed by atoms with van der Waals surface area (Å²) >= 11 is 7.52. The lowest BCUT2D eigenvalue weighted by molar-refractivity contribution is 0.622. The van der Waals surface area contributed by atoms with Crippen LogP contribution >= 0.6 is 22.9 Å². The standard InChI is InChI=1S/C16H12ClN3OS/c1-8-5-11-13(6-9(8)2)21-15(18-11)20-16-19-12-7-10(17)3-4-14(12)22-16/h3-7H,1-2H3,(H,18,19,20). The largest absolute Gasteiger partial charge is 0.423 e. The van der Waals surface area contributed by atoms with Gasteiger partial charge in [0.05, 0.1) is 10.2 Å². The molecule has 1 N–H and O–H groups in total. The van der Waals surface area contributed by atoms with Crippen LogP contribution in [0.4, 0.5) is 11.1 Å². The zero-order valence-electron chi connectivity index (χ0n) is 12.0. The molecule has 0 aliphatic heterocycles. The second-order valence-corrected chi connectivity index (χ2v) is 6.65. The molecule has 0 saturated carbocycles. The minimum Gasteiger partial charge on any atom is -0.423 e. The van der Waals surface area contributed by atoms with E-state index >= 15 is 0 Å². The smallest absolute Gasteiger partial charge is 0.302 e. The molecule has 0 amide bonds. The summed E-state index contributed by atoms with van der Waals surface area (Å²) in [4.78, 5) is 8.96. The molecule has 2 aromatic carbocycles. The maximum Gasteiger partial charge on any atom is 0.302 e. The Kier molecular flexibility index (Phi) is 3.06. The van der Waals surface area contributed by atoms with E-state index in [0.29, 0.717) is 11.0 Å². The van der Waals surface area contributed by atoms with E-state index in [2.05, 4.69) is 29.1 Å². The molecule has 4 rings (SSSR count). The molecule has 6 heteroatoms. The van der Waals surface area contributed by atoms with Crippen LogP contribution in [0.1, 0.15) is 11.1 Å². The molecule has 0 aliphatic carbocycles. The number of aryl methyl sites for hydroxylation is 2. The number of nitrogens with zero attached hydrogens (tertiary/aromatic N) is 2. The first-order valence-electron chi connectivity index (χ1n) is 6.79. The van der Waals surface area contributed by atoms with E-state index in [-0.39, 0.29) is 0 Å². The van der Waals surface area contributed by atoms with Gasteiger partial charge in [0.15, 0.2) is 10.7 Å². The molecule has 0 aliphatic rings. The van der Waals surface area contributed by atoms with Crippen molar-refractivity contribution in [2.45, 2.75) is 13.8 Å². The number of rotatable bonds is 2. The molecule has 2 heterocycles. The van der Waals surface area contributed by atoms with Crippen molar-refractivity contribution in [2.24, 2.45) is 0 Å². The van der Waals surface area contributed by atoms with E-state index in [0.717, 1.165) is 26.4 Å². The summed E-state index contributed by atoms with van der Waals surface area (Å²) in [6, 6.07) is 10.1. The van der Waals surface area contributed by atoms with Crippen LogP contribution in [0.5, 0.6) is 0 Å². The highest BCUT2D eigenvalue weighted by molar-refractivity contribution is 7.22. The van der Waals surface area contributed by atoms with E-state index < -0.39 is 0 Å². The predicted molar refractivity (Wildman–Crippen MR) is 91.4 cm³/mol. The first-order chi connectivity index (χ1) is 10.6. The Bertz CT molecular complexity index is 966. The third-order valence-electron chi connectivity index (χ3n) is 3.57. The van der Waals surface area contributed by atoms with Gasteiger partial charge in [-0.15, -0.1) is 0 Å². The molecule has 4 aromatic rings. The van der Waals surface area contributed by atoms with Crippen LogP contribution in [-0.2, 0) is 0 Å². The number of benzene rings is 2. The summed E-state index contributed by atoms with van der Waals surface area (Å²) in [6.45, 7) is 4.12. The summed E-state index contributed by atoms with van der Waals surface area (Å²) in [7, 11) is 0. The Balaban J connectivity index is 1.72. The SMILES string of the molecule is Cc1cc2nc(Nc3nc4cc(Cl)ccc4s3)oc2cc1C. The molecule has 0 radical (unpaired) electrons. The maximum absolute atomic E-state index is 5.98. The first-order valence-corrected chi connectivity index (χ1v) is 7.99. The van der Waals surface area contributed by atoms with E-state index in [1.165, 1.54) is 22.5 Å². The van der Waals surface area contributed by atoms with Gasteiger partial charge in [0.25, 0.3) is 0 Å². The van der Waals surface area contributed by atoms with Gasteiger partial charge in [-0.1, -0.05) is 22.9 Å². The molecule has 4 nitrogen and oxygen atoms in total. The molecular weight excluding hydrogens is 318 g/mol. The fourth-order valence-electron chi connectivity index (χ4n) is 2.28. The topological polar surface area (TPSA) is 51.0 Å². The highest BCUT2D eigenvalue weighted by Gasteiger charge is 2.10. The number of hydrogen-bond acceptors (Lipinski definition) is 5. The van der Waals surface area contributed by atoms with Crippen LogP contribution in [0.3, 0.4) is 0 Å². The molecule has 0 spiro atoms. The van der Waals surface area contributed by atoms with Gasteiger partial charge in [0.1, 0.15) is 5.52 Å². The Morgan fingerprint density at radius 2 is 1.86 bits per heavy atom. The minimum atomic E-state index is 0.449. The Morgan fingerprint density at radius 1 is 1.05 bits per heavy atom. The van der Waals surface area contributed by atoms with Crippen LogP contribution in [0.15, 0.2) is 34.7 Å². The normalized spacial score (nSPS) is 11.4. The van der Waals surface area contributed by atoms with Gasteiger partial charge in [-0.3, -0.25) is 5.32 Å². The van der Waals surface area contributed by atoms with Crippen LogP contribution in [0, 0.1) is 13.8 Å². The molecule has 2 aromatic heterocycles. The lowest BCUT2D eigenvalue weighted by Gasteiger charge is -1.96. The van der Waals surface area contributed by atoms with Gasteiger partial charge < -0.3 is 4.42 Å². The number of thiazole rings is 1. The van der Waals surface area contributed by atoms with Crippen LogP contribution in [-0.4, -0.2) is 9.97 Å². The fraction of sp³-hybridized carbons (Fsp3) is 0.125. The van der Waals surface area contributed by atoms with Crippen molar-refractivity contribution in [3.8, 4) is 0 Å². The third kappa shape index (κ3) is 2.32. The molecule has 0 unspecified atom stereocenters. The lowest BCUT2D eigenvalue weighted by Crippen LogP contribution is -1.88. The second kappa shape index (κ2) is 4.97. The summed E-state index contributed by atoms with van der Waals surface area (Å²) in [5, 5.41) is 4.54. The van der Waals surface area contributed by atoms with Gasteiger partial charge in [0.2, 0.25) is 0 Å². The van der Waals surface area contributed by atoms with Crippen LogP contribution in [0.25, 0.3) is 21.3 Å². The van der Waals surface area contributed by atoms with Crippen molar-refractivity contribution in [3.63, 3.8) is 0 Å². The summed E-state index contributed by atoms with van der Waals surface area (Å²) < 4.78 is 6.81. The van der Waals surface area contributed by atoms with E-state index in [1.807, 2.05) is 30.3 Å². The van der Waals surface area contributed by atoms with Crippen molar-refractivity contribution in [1.29, 1.82) is 0 Å². The summed E-state index contributed by atoms with van der Waals surface area (Å²) in [5.74, 6) is 0. The molecule has 0 atom stereocenters. The number of anilines is 2. The van der Waals surface area contributed by atoms with Crippen LogP contribution in [0.2, 0.25) is 5.02 Å². The molecule has 0 bridgehead atoms. The van der Waals surface area contributed by atoms with E-state index in [4.69, 9.17) is 16.0 Å². The fourth-order valence-corrected chi connectivity index (χ4v) is 3.28. The van der Waals surface area contributed by atoms with Gasteiger partial charge in [-0.25, -0.2) is 4.98 Å². The van der Waals surface area contributed by atoms with Gasteiger partial charge in [-0.05, 0) is 55.3 Å². The number of nitrogens with one attached hydrogen (secondary N) is 1. The second-order valence-electron chi connectivity index (χ2n) is 5.18. The Labute approximate surface area is 135 Å². The van der Waals surface area contributed by atoms with E-state index in [1.54, 1.807) is 0 Å². The number of fused-ring (bicyclic) bond motifs is 2. The van der Waals surface area contributed by atoms with Crippen molar-refractivity contribution in [2.75, 3.05) is 5.32 Å². The average Bonchev–Trinajstić information content (AvgIpc) is 3.02. The molecular formula is C16H12ClN3OS.